The van der Waals surface area contributed by atoms with Gasteiger partial charge in [0.2, 0.25) is 0 Å². The van der Waals surface area contributed by atoms with E-state index in [2.05, 4.69) is 4.90 Å². The van der Waals surface area contributed by atoms with E-state index in [-0.39, 0.29) is 5.78 Å². The number of hydrogen-bond acceptors (Lipinski definition) is 4. The lowest BCUT2D eigenvalue weighted by atomic mass is 9.97. The van der Waals surface area contributed by atoms with Crippen molar-refractivity contribution in [3.05, 3.63) is 88.9 Å². The summed E-state index contributed by atoms with van der Waals surface area (Å²) in [5.74, 6) is 0.593. The number of thiophene rings is 1. The van der Waals surface area contributed by atoms with Crippen LogP contribution >= 0.6 is 22.4 Å². The van der Waals surface area contributed by atoms with Crippen molar-refractivity contribution in [2.45, 2.75) is 12.8 Å². The first-order valence-corrected chi connectivity index (χ1v) is 12.7. The molecule has 6 heteroatoms. The highest BCUT2D eigenvalue weighted by molar-refractivity contribution is 7.35. The number of carbonyl (C=O) groups excluding carboxylic acids is 1. The molecule has 1 aromatic heterocycles. The summed E-state index contributed by atoms with van der Waals surface area (Å²) in [6.07, 6.45) is 2.52. The maximum atomic E-state index is 13.6. The van der Waals surface area contributed by atoms with Crippen molar-refractivity contribution in [2.75, 3.05) is 26.2 Å². The normalized spacial score (nSPS) is 14.7. The van der Waals surface area contributed by atoms with Gasteiger partial charge in [-0.2, -0.15) is 0 Å². The standard InChI is InChI=1S/C27H24ClNO3S/c28-21-11-7-20(8-12-21)27-25(23-5-1-2-6-24(23)33(27)31)26(30)19-9-13-22(14-10-19)32-18-17-29-15-3-4-16-29/h1-2,5-14H,3-4,15-18H2. The highest BCUT2D eigenvalue weighted by Gasteiger charge is 2.29. The van der Waals surface area contributed by atoms with Crippen LogP contribution in [0.2, 0.25) is 5.02 Å². The van der Waals surface area contributed by atoms with Gasteiger partial charge in [-0.1, -0.05) is 23.7 Å². The van der Waals surface area contributed by atoms with Gasteiger partial charge in [0.15, 0.2) is 15.4 Å². The molecular weight excluding hydrogens is 454 g/mol. The molecule has 0 bridgehead atoms. The van der Waals surface area contributed by atoms with Gasteiger partial charge >= 0.3 is 0 Å². The molecule has 0 N–H and O–H groups in total. The van der Waals surface area contributed by atoms with Gasteiger partial charge in [0.1, 0.15) is 12.4 Å². The molecule has 0 amide bonds. The number of fused-ring (bicyclic) bond motifs is 1. The molecule has 1 fully saturated rings. The van der Waals surface area contributed by atoms with Crippen LogP contribution in [0, 0.1) is 0 Å². The lowest BCUT2D eigenvalue weighted by molar-refractivity contribution is 0.104. The fourth-order valence-corrected chi connectivity index (χ4v) is 6.04. The summed E-state index contributed by atoms with van der Waals surface area (Å²) in [6, 6.07) is 21.7. The van der Waals surface area contributed by atoms with E-state index in [1.807, 2.05) is 48.5 Å². The zero-order chi connectivity index (χ0) is 22.8. The first-order chi connectivity index (χ1) is 16.1. The van der Waals surface area contributed by atoms with Gasteiger partial charge in [-0.05, 0) is 97.3 Å². The third-order valence-corrected chi connectivity index (χ3v) is 7.91. The molecule has 4 aromatic rings. The molecule has 1 unspecified atom stereocenters. The molecule has 33 heavy (non-hydrogen) atoms. The van der Waals surface area contributed by atoms with Gasteiger partial charge in [0.25, 0.3) is 0 Å². The van der Waals surface area contributed by atoms with Gasteiger partial charge in [0.05, 0.1) is 10.9 Å². The van der Waals surface area contributed by atoms with Crippen LogP contribution in [0.5, 0.6) is 5.75 Å². The van der Waals surface area contributed by atoms with Gasteiger partial charge < -0.3 is 9.29 Å². The number of ether oxygens (including phenoxy) is 1. The summed E-state index contributed by atoms with van der Waals surface area (Å²) in [6.45, 7) is 3.83. The second-order valence-electron chi connectivity index (χ2n) is 8.23. The molecule has 1 aliphatic heterocycles. The Morgan fingerprint density at radius 1 is 0.970 bits per heavy atom. The molecule has 0 spiro atoms. The van der Waals surface area contributed by atoms with Crippen molar-refractivity contribution in [3.63, 3.8) is 0 Å². The maximum absolute atomic E-state index is 13.6. The van der Waals surface area contributed by atoms with Crippen molar-refractivity contribution in [2.24, 2.45) is 0 Å². The molecule has 0 saturated carbocycles. The minimum atomic E-state index is -1.44. The highest BCUT2D eigenvalue weighted by Crippen LogP contribution is 2.45. The third-order valence-electron chi connectivity index (χ3n) is 6.09. The van der Waals surface area contributed by atoms with Gasteiger partial charge in [-0.15, -0.1) is 0 Å². The number of likely N-dealkylation sites (tertiary alicyclic amines) is 1. The summed E-state index contributed by atoms with van der Waals surface area (Å²) < 4.78 is 19.9. The summed E-state index contributed by atoms with van der Waals surface area (Å²) in [5.41, 5.74) is 1.75. The zero-order valence-corrected chi connectivity index (χ0v) is 19.7. The number of carbonyl (C=O) groups is 1. The number of rotatable bonds is 7. The molecule has 0 radical (unpaired) electrons. The number of halogens is 1. The van der Waals surface area contributed by atoms with Gasteiger partial charge in [-0.25, -0.2) is 0 Å². The molecule has 4 nitrogen and oxygen atoms in total. The summed E-state index contributed by atoms with van der Waals surface area (Å²) >= 11 is 6.05. The lowest BCUT2D eigenvalue weighted by Crippen LogP contribution is -2.25. The first kappa shape index (κ1) is 22.1. The van der Waals surface area contributed by atoms with E-state index in [4.69, 9.17) is 16.3 Å². The van der Waals surface area contributed by atoms with E-state index in [0.717, 1.165) is 36.3 Å². The summed E-state index contributed by atoms with van der Waals surface area (Å²) in [5, 5.41) is 1.31. The predicted molar refractivity (Wildman–Crippen MR) is 134 cm³/mol. The Morgan fingerprint density at radius 3 is 2.39 bits per heavy atom. The number of benzene rings is 3. The van der Waals surface area contributed by atoms with Crippen LogP contribution in [0.15, 0.2) is 72.8 Å². The largest absolute Gasteiger partial charge is 0.590 e. The second-order valence-corrected chi connectivity index (χ2v) is 10.0. The van der Waals surface area contributed by atoms with Crippen LogP contribution in [0.3, 0.4) is 0 Å². The average Bonchev–Trinajstić information content (AvgIpc) is 3.46. The SMILES string of the molecule is O=C(c1ccc(OCCN2CCCC2)cc1)c1c(-c2ccc(Cl)cc2)[s+]([O-])c2ccccc12. The van der Waals surface area contributed by atoms with Gasteiger partial charge in [-0.3, -0.25) is 9.69 Å². The van der Waals surface area contributed by atoms with E-state index in [1.54, 1.807) is 24.3 Å². The van der Waals surface area contributed by atoms with Crippen molar-refractivity contribution in [1.82, 2.24) is 4.90 Å². The Labute approximate surface area is 201 Å². The Kier molecular flexibility index (Phi) is 6.47. The van der Waals surface area contributed by atoms with E-state index in [0.29, 0.717) is 32.3 Å². The van der Waals surface area contributed by atoms with Crippen molar-refractivity contribution in [1.29, 1.82) is 0 Å². The highest BCUT2D eigenvalue weighted by atomic mass is 35.5. The Hall–Kier alpha value is -2.70. The summed E-state index contributed by atoms with van der Waals surface area (Å²) in [4.78, 5) is 16.6. The Bertz CT molecular complexity index is 1280. The number of nitrogens with zero attached hydrogens (tertiary/aromatic N) is 1. The van der Waals surface area contributed by atoms with Crippen LogP contribution in [0.25, 0.3) is 20.5 Å². The lowest BCUT2D eigenvalue weighted by Gasteiger charge is -2.15. The van der Waals surface area contributed by atoms with Crippen LogP contribution < -0.4 is 4.74 Å². The van der Waals surface area contributed by atoms with Crippen LogP contribution in [-0.4, -0.2) is 41.5 Å². The van der Waals surface area contributed by atoms with Crippen molar-refractivity contribution < 1.29 is 14.1 Å². The van der Waals surface area contributed by atoms with E-state index < -0.39 is 10.8 Å². The number of ketones is 1. The fourth-order valence-electron chi connectivity index (χ4n) is 4.38. The Morgan fingerprint density at radius 2 is 1.67 bits per heavy atom. The van der Waals surface area contributed by atoms with Crippen molar-refractivity contribution >= 4 is 38.2 Å². The van der Waals surface area contributed by atoms with Crippen LogP contribution in [0.1, 0.15) is 28.8 Å². The second kappa shape index (κ2) is 9.65. The molecular formula is C27H24ClNO3S. The monoisotopic (exact) mass is 477 g/mol. The predicted octanol–water partition coefficient (Wildman–Crippen LogP) is 6.59. The van der Waals surface area contributed by atoms with E-state index in [1.165, 1.54) is 12.8 Å². The zero-order valence-electron chi connectivity index (χ0n) is 18.1. The smallest absolute Gasteiger partial charge is 0.199 e. The minimum absolute atomic E-state index is 0.151. The molecule has 1 aliphatic rings. The molecule has 0 aliphatic carbocycles. The molecule has 1 saturated heterocycles. The molecule has 3 aromatic carbocycles. The van der Waals surface area contributed by atoms with E-state index >= 15 is 0 Å². The summed E-state index contributed by atoms with van der Waals surface area (Å²) in [7, 11) is -1.44. The molecule has 168 valence electrons. The van der Waals surface area contributed by atoms with Gasteiger partial charge in [0, 0.05) is 22.7 Å². The molecule has 5 rings (SSSR count). The molecule has 2 heterocycles. The van der Waals surface area contributed by atoms with Crippen molar-refractivity contribution in [3.8, 4) is 16.2 Å². The maximum Gasteiger partial charge on any atom is 0.199 e. The minimum Gasteiger partial charge on any atom is -0.590 e. The first-order valence-electron chi connectivity index (χ1n) is 11.1. The van der Waals surface area contributed by atoms with E-state index in [9.17, 15) is 9.35 Å². The van der Waals surface area contributed by atoms with Crippen LogP contribution in [-0.2, 0) is 0 Å². The third kappa shape index (κ3) is 4.55. The fraction of sp³-hybridized carbons (Fsp3) is 0.222. The molecule has 1 atom stereocenters. The average molecular weight is 478 g/mol. The topological polar surface area (TPSA) is 52.6 Å². The van der Waals surface area contributed by atoms with Crippen LogP contribution in [0.4, 0.5) is 0 Å². The Balaban J connectivity index is 1.44. The quantitative estimate of drug-likeness (QED) is 0.222. The number of hydrogen-bond donors (Lipinski definition) is 0.